The summed E-state index contributed by atoms with van der Waals surface area (Å²) in [5.74, 6) is 0.792. The Morgan fingerprint density at radius 1 is 1.32 bits per heavy atom. The van der Waals surface area contributed by atoms with Crippen molar-refractivity contribution in [1.82, 2.24) is 4.98 Å². The molecule has 0 saturated heterocycles. The van der Waals surface area contributed by atoms with Gasteiger partial charge in [0.15, 0.2) is 0 Å². The lowest BCUT2D eigenvalue weighted by molar-refractivity contribution is 0.178. The van der Waals surface area contributed by atoms with E-state index in [4.69, 9.17) is 0 Å². The Morgan fingerprint density at radius 2 is 2.05 bits per heavy atom. The van der Waals surface area contributed by atoms with Crippen LogP contribution >= 0.6 is 0 Å². The third kappa shape index (κ3) is 3.62. The quantitative estimate of drug-likeness (QED) is 0.897. The molecule has 0 amide bonds. The SMILES string of the molecule is CC1CC(Nc2cnccc2N(C)C)CC(C)(C)C1. The highest BCUT2D eigenvalue weighted by molar-refractivity contribution is 5.68. The summed E-state index contributed by atoms with van der Waals surface area (Å²) >= 11 is 0. The second-order valence-electron chi connectivity index (χ2n) is 7.04. The molecule has 1 aliphatic carbocycles. The maximum absolute atomic E-state index is 4.26. The molecule has 19 heavy (non-hydrogen) atoms. The highest BCUT2D eigenvalue weighted by atomic mass is 15.1. The third-order valence-corrected chi connectivity index (χ3v) is 4.03. The summed E-state index contributed by atoms with van der Waals surface area (Å²) in [5, 5.41) is 3.71. The second-order valence-corrected chi connectivity index (χ2v) is 7.04. The average Bonchev–Trinajstić information content (AvgIpc) is 2.26. The largest absolute Gasteiger partial charge is 0.379 e. The van der Waals surface area contributed by atoms with Gasteiger partial charge in [0.1, 0.15) is 0 Å². The molecule has 0 bridgehead atoms. The molecule has 2 atom stereocenters. The molecule has 0 radical (unpaired) electrons. The van der Waals surface area contributed by atoms with Gasteiger partial charge in [-0.2, -0.15) is 0 Å². The van der Waals surface area contributed by atoms with Crippen molar-refractivity contribution in [3.8, 4) is 0 Å². The van der Waals surface area contributed by atoms with Gasteiger partial charge >= 0.3 is 0 Å². The van der Waals surface area contributed by atoms with Gasteiger partial charge < -0.3 is 10.2 Å². The van der Waals surface area contributed by atoms with Crippen LogP contribution in [0.5, 0.6) is 0 Å². The van der Waals surface area contributed by atoms with Gasteiger partial charge in [0.25, 0.3) is 0 Å². The fourth-order valence-corrected chi connectivity index (χ4v) is 3.56. The molecule has 1 saturated carbocycles. The number of rotatable bonds is 3. The smallest absolute Gasteiger partial charge is 0.0766 e. The summed E-state index contributed by atoms with van der Waals surface area (Å²) < 4.78 is 0. The fraction of sp³-hybridized carbons (Fsp3) is 0.688. The molecule has 3 heteroatoms. The Morgan fingerprint density at radius 3 is 2.68 bits per heavy atom. The predicted molar refractivity (Wildman–Crippen MR) is 82.8 cm³/mol. The number of anilines is 2. The first-order valence-corrected chi connectivity index (χ1v) is 7.25. The van der Waals surface area contributed by atoms with Gasteiger partial charge in [-0.05, 0) is 36.7 Å². The minimum Gasteiger partial charge on any atom is -0.379 e. The number of nitrogens with zero attached hydrogens (tertiary/aromatic N) is 2. The van der Waals surface area contributed by atoms with Gasteiger partial charge in [0, 0.05) is 26.3 Å². The van der Waals surface area contributed by atoms with Crippen molar-refractivity contribution in [1.29, 1.82) is 0 Å². The number of hydrogen-bond donors (Lipinski definition) is 1. The lowest BCUT2D eigenvalue weighted by Crippen LogP contribution is -2.35. The van der Waals surface area contributed by atoms with E-state index in [1.165, 1.54) is 24.9 Å². The van der Waals surface area contributed by atoms with Crippen LogP contribution in [0.1, 0.15) is 40.0 Å². The van der Waals surface area contributed by atoms with Crippen molar-refractivity contribution in [3.63, 3.8) is 0 Å². The zero-order valence-corrected chi connectivity index (χ0v) is 12.9. The first-order valence-electron chi connectivity index (χ1n) is 7.25. The zero-order valence-electron chi connectivity index (χ0n) is 12.9. The van der Waals surface area contributed by atoms with Crippen molar-refractivity contribution < 1.29 is 0 Å². The molecule has 1 N–H and O–H groups in total. The Balaban J connectivity index is 2.13. The topological polar surface area (TPSA) is 28.2 Å². The normalized spacial score (nSPS) is 25.9. The molecule has 0 aliphatic heterocycles. The fourth-order valence-electron chi connectivity index (χ4n) is 3.56. The van der Waals surface area contributed by atoms with Crippen LogP contribution in [0.25, 0.3) is 0 Å². The summed E-state index contributed by atoms with van der Waals surface area (Å²) in [4.78, 5) is 6.40. The van der Waals surface area contributed by atoms with Gasteiger partial charge in [-0.3, -0.25) is 4.98 Å². The molecule has 106 valence electrons. The van der Waals surface area contributed by atoms with Crippen LogP contribution in [0, 0.1) is 11.3 Å². The van der Waals surface area contributed by atoms with Crippen LogP contribution in [-0.2, 0) is 0 Å². The molecular weight excluding hydrogens is 234 g/mol. The lowest BCUT2D eigenvalue weighted by Gasteiger charge is -2.40. The highest BCUT2D eigenvalue weighted by Crippen LogP contribution is 2.40. The molecule has 1 fully saturated rings. The van der Waals surface area contributed by atoms with Crippen molar-refractivity contribution in [3.05, 3.63) is 18.5 Å². The predicted octanol–water partition coefficient (Wildman–Crippen LogP) is 3.77. The summed E-state index contributed by atoms with van der Waals surface area (Å²) in [6.45, 7) is 7.13. The van der Waals surface area contributed by atoms with E-state index in [2.05, 4.69) is 56.1 Å². The molecule has 3 nitrogen and oxygen atoms in total. The Hall–Kier alpha value is -1.25. The van der Waals surface area contributed by atoms with Gasteiger partial charge in [-0.25, -0.2) is 0 Å². The maximum Gasteiger partial charge on any atom is 0.0766 e. The lowest BCUT2D eigenvalue weighted by atomic mass is 9.70. The minimum absolute atomic E-state index is 0.440. The van der Waals surface area contributed by atoms with E-state index in [1.54, 1.807) is 0 Å². The van der Waals surface area contributed by atoms with Crippen LogP contribution < -0.4 is 10.2 Å². The Labute approximate surface area is 117 Å². The van der Waals surface area contributed by atoms with E-state index >= 15 is 0 Å². The molecule has 2 rings (SSSR count). The van der Waals surface area contributed by atoms with Crippen LogP contribution in [0.2, 0.25) is 0 Å². The van der Waals surface area contributed by atoms with E-state index in [9.17, 15) is 0 Å². The van der Waals surface area contributed by atoms with Crippen LogP contribution in [0.3, 0.4) is 0 Å². The third-order valence-electron chi connectivity index (χ3n) is 4.03. The Bertz CT molecular complexity index is 426. The number of nitrogens with one attached hydrogen (secondary N) is 1. The van der Waals surface area contributed by atoms with Crippen molar-refractivity contribution in [2.24, 2.45) is 11.3 Å². The molecule has 1 heterocycles. The molecular formula is C16H27N3. The van der Waals surface area contributed by atoms with E-state index in [-0.39, 0.29) is 0 Å². The zero-order chi connectivity index (χ0) is 14.0. The van der Waals surface area contributed by atoms with E-state index in [1.807, 2.05) is 12.4 Å². The second kappa shape index (κ2) is 5.40. The summed E-state index contributed by atoms with van der Waals surface area (Å²) in [6.07, 6.45) is 7.62. The van der Waals surface area contributed by atoms with Gasteiger partial charge in [0.2, 0.25) is 0 Å². The highest BCUT2D eigenvalue weighted by Gasteiger charge is 2.32. The van der Waals surface area contributed by atoms with Gasteiger partial charge in [-0.15, -0.1) is 0 Å². The maximum atomic E-state index is 4.26. The van der Waals surface area contributed by atoms with Crippen LogP contribution in [-0.4, -0.2) is 25.1 Å². The summed E-state index contributed by atoms with van der Waals surface area (Å²) in [6, 6.07) is 2.63. The molecule has 1 aromatic rings. The van der Waals surface area contributed by atoms with E-state index in [0.717, 1.165) is 11.6 Å². The average molecular weight is 261 g/mol. The van der Waals surface area contributed by atoms with Crippen molar-refractivity contribution in [2.45, 2.75) is 46.1 Å². The van der Waals surface area contributed by atoms with Crippen LogP contribution in [0.4, 0.5) is 11.4 Å². The first kappa shape index (κ1) is 14.2. The van der Waals surface area contributed by atoms with E-state index in [0.29, 0.717) is 11.5 Å². The molecule has 0 aromatic carbocycles. The monoisotopic (exact) mass is 261 g/mol. The van der Waals surface area contributed by atoms with Crippen molar-refractivity contribution >= 4 is 11.4 Å². The standard InChI is InChI=1S/C16H27N3/c1-12-8-13(10-16(2,3)9-12)18-14-11-17-7-6-15(14)19(4)5/h6-7,11-13,18H,8-10H2,1-5H3. The van der Waals surface area contributed by atoms with E-state index < -0.39 is 0 Å². The van der Waals surface area contributed by atoms with Gasteiger partial charge in [0.05, 0.1) is 17.6 Å². The number of hydrogen-bond acceptors (Lipinski definition) is 3. The van der Waals surface area contributed by atoms with Crippen molar-refractivity contribution in [2.75, 3.05) is 24.3 Å². The van der Waals surface area contributed by atoms with Crippen LogP contribution in [0.15, 0.2) is 18.5 Å². The number of aromatic nitrogens is 1. The summed E-state index contributed by atoms with van der Waals surface area (Å²) in [5.41, 5.74) is 2.81. The molecule has 1 aliphatic rings. The molecule has 0 spiro atoms. The first-order chi connectivity index (χ1) is 8.87. The summed E-state index contributed by atoms with van der Waals surface area (Å²) in [7, 11) is 4.15. The van der Waals surface area contributed by atoms with Gasteiger partial charge in [-0.1, -0.05) is 20.8 Å². The number of pyridine rings is 1. The minimum atomic E-state index is 0.440. The molecule has 2 unspecified atom stereocenters. The molecule has 1 aromatic heterocycles. The Kier molecular flexibility index (Phi) is 4.02.